The van der Waals surface area contributed by atoms with Crippen molar-refractivity contribution in [3.8, 4) is 11.5 Å². The zero-order valence-electron chi connectivity index (χ0n) is 51.1. The highest BCUT2D eigenvalue weighted by atomic mass is 16.5. The van der Waals surface area contributed by atoms with Gasteiger partial charge in [0.2, 0.25) is 11.9 Å². The molecule has 4 saturated heterocycles. The van der Waals surface area contributed by atoms with Crippen molar-refractivity contribution in [1.29, 1.82) is 0 Å². The number of para-hydroxylation sites is 2. The quantitative estimate of drug-likeness (QED) is 0.130. The molecule has 0 aliphatic carbocycles. The summed E-state index contributed by atoms with van der Waals surface area (Å²) in [6, 6.07) is 27.1. The van der Waals surface area contributed by atoms with Gasteiger partial charge in [0.25, 0.3) is 23.6 Å². The van der Waals surface area contributed by atoms with Crippen LogP contribution in [0.5, 0.6) is 11.5 Å². The number of rotatable bonds is 11. The smallest absolute Gasteiger partial charge is 0.260 e. The van der Waals surface area contributed by atoms with Crippen molar-refractivity contribution in [2.45, 2.75) is 59.5 Å². The number of nitrogens with one attached hydrogen (secondary N) is 1. The first kappa shape index (κ1) is 64.0. The van der Waals surface area contributed by atoms with Crippen LogP contribution < -0.4 is 39.3 Å². The lowest BCUT2D eigenvalue weighted by atomic mass is 10.0. The third-order valence-corrected chi connectivity index (χ3v) is 18.0. The van der Waals surface area contributed by atoms with E-state index in [9.17, 15) is 19.2 Å². The number of likely N-dealkylation sites (tertiary alicyclic amines) is 2. The second-order valence-electron chi connectivity index (χ2n) is 23.1. The summed E-state index contributed by atoms with van der Waals surface area (Å²) < 4.78 is 11.4. The average molecular weight is 1200 g/mol. The van der Waals surface area contributed by atoms with E-state index in [0.717, 1.165) is 121 Å². The molecule has 22 nitrogen and oxygen atoms in total. The molecule has 0 radical (unpaired) electrons. The number of hydrogen-bond donors (Lipinski definition) is 1. The van der Waals surface area contributed by atoms with Crippen LogP contribution >= 0.6 is 0 Å². The summed E-state index contributed by atoms with van der Waals surface area (Å²) in [4.78, 5) is 95.0. The number of likely N-dealkylation sites (N-methyl/N-ethyl adjacent to an activating group) is 2. The van der Waals surface area contributed by atoms with Crippen molar-refractivity contribution in [1.82, 2.24) is 49.3 Å². The van der Waals surface area contributed by atoms with Gasteiger partial charge in [-0.1, -0.05) is 39.1 Å². The predicted octanol–water partition coefficient (Wildman–Crippen LogP) is 8.56. The Morgan fingerprint density at radius 2 is 1.03 bits per heavy atom. The summed E-state index contributed by atoms with van der Waals surface area (Å²) in [7, 11) is 14.9. The minimum Gasteiger partial charge on any atom is -0.495 e. The van der Waals surface area contributed by atoms with Crippen LogP contribution in [0.2, 0.25) is 0 Å². The molecule has 0 atom stereocenters. The van der Waals surface area contributed by atoms with E-state index < -0.39 is 0 Å². The molecule has 0 saturated carbocycles. The molecule has 88 heavy (non-hydrogen) atoms. The number of fused-ring (bicyclic) bond motifs is 4. The molecule has 0 spiro atoms. The van der Waals surface area contributed by atoms with Crippen LogP contribution in [0.3, 0.4) is 0 Å². The fourth-order valence-corrected chi connectivity index (χ4v) is 12.7. The number of benzene rings is 4. The summed E-state index contributed by atoms with van der Waals surface area (Å²) in [5.74, 6) is 2.96. The van der Waals surface area contributed by atoms with E-state index in [1.165, 1.54) is 0 Å². The second-order valence-corrected chi connectivity index (χ2v) is 23.1. The maximum absolute atomic E-state index is 13.5. The first-order chi connectivity index (χ1) is 41.6. The highest BCUT2D eigenvalue weighted by molar-refractivity contribution is 6.14. The Morgan fingerprint density at radius 1 is 0.557 bits per heavy atom. The van der Waals surface area contributed by atoms with Crippen molar-refractivity contribution in [3.63, 3.8) is 0 Å². The molecule has 0 unspecified atom stereocenters. The normalized spacial score (nSPS) is 17.8. The number of ether oxygens (including phenoxy) is 2. The number of anilines is 10. The number of nitrogens with zero attached hydrogens (tertiary/aromatic N) is 15. The Morgan fingerprint density at radius 3 is 1.56 bits per heavy atom. The molecule has 1 N–H and O–H groups in total. The van der Waals surface area contributed by atoms with Gasteiger partial charge in [-0.3, -0.25) is 29.0 Å². The molecule has 6 aromatic rings. The van der Waals surface area contributed by atoms with Crippen LogP contribution in [0.15, 0.2) is 97.3 Å². The lowest BCUT2D eigenvalue weighted by molar-refractivity contribution is 0.0513. The lowest BCUT2D eigenvalue weighted by Crippen LogP contribution is -2.52. The molecule has 8 heterocycles. The zero-order valence-corrected chi connectivity index (χ0v) is 51.1. The molecule has 0 bridgehead atoms. The Labute approximate surface area is 519 Å². The monoisotopic (exact) mass is 1200 g/mol. The van der Waals surface area contributed by atoms with Crippen LogP contribution in [-0.4, -0.2) is 227 Å². The maximum atomic E-state index is 13.5. The number of carbonyl (C=O) groups is 4. The van der Waals surface area contributed by atoms with E-state index in [4.69, 9.17) is 19.4 Å². The van der Waals surface area contributed by atoms with Gasteiger partial charge in [0.1, 0.15) is 22.9 Å². The van der Waals surface area contributed by atoms with Gasteiger partial charge in [-0.15, -0.1) is 0 Å². The number of aromatic nitrogens is 4. The largest absolute Gasteiger partial charge is 0.495 e. The number of piperidine rings is 2. The average Bonchev–Trinajstić information content (AvgIpc) is 2.97. The number of hydrogen-bond acceptors (Lipinski definition) is 18. The molecule has 12 rings (SSSR count). The minimum absolute atomic E-state index is 0. The van der Waals surface area contributed by atoms with E-state index in [1.54, 1.807) is 55.6 Å². The van der Waals surface area contributed by atoms with Crippen molar-refractivity contribution in [3.05, 3.63) is 120 Å². The van der Waals surface area contributed by atoms with E-state index >= 15 is 0 Å². The first-order valence-electron chi connectivity index (χ1n) is 29.9. The van der Waals surface area contributed by atoms with E-state index in [0.29, 0.717) is 93.0 Å². The molecule has 6 aliphatic heterocycles. The highest BCUT2D eigenvalue weighted by Crippen LogP contribution is 2.42. The second kappa shape index (κ2) is 27.7. The summed E-state index contributed by atoms with van der Waals surface area (Å²) in [5, 5.41) is 3.26. The van der Waals surface area contributed by atoms with Gasteiger partial charge in [0.05, 0.1) is 60.5 Å². The van der Waals surface area contributed by atoms with E-state index in [1.807, 2.05) is 125 Å². The van der Waals surface area contributed by atoms with Gasteiger partial charge >= 0.3 is 0 Å². The van der Waals surface area contributed by atoms with Crippen molar-refractivity contribution in [2.75, 3.05) is 171 Å². The van der Waals surface area contributed by atoms with Crippen LogP contribution in [0.25, 0.3) is 0 Å². The highest BCUT2D eigenvalue weighted by Gasteiger charge is 2.35. The summed E-state index contributed by atoms with van der Waals surface area (Å²) in [6.07, 6.45) is 7.35. The van der Waals surface area contributed by atoms with E-state index in [-0.39, 0.29) is 38.5 Å². The van der Waals surface area contributed by atoms with Gasteiger partial charge in [0.15, 0.2) is 11.6 Å². The Kier molecular flexibility index (Phi) is 20.2. The van der Waals surface area contributed by atoms with Gasteiger partial charge in [-0.25, -0.2) is 9.97 Å². The van der Waals surface area contributed by atoms with Gasteiger partial charge < -0.3 is 58.9 Å². The van der Waals surface area contributed by atoms with Crippen molar-refractivity contribution in [2.24, 2.45) is 0 Å². The van der Waals surface area contributed by atoms with E-state index in [2.05, 4.69) is 49.0 Å². The summed E-state index contributed by atoms with van der Waals surface area (Å²) >= 11 is 0. The lowest BCUT2D eigenvalue weighted by Gasteiger charge is -2.42. The number of methoxy groups -OCH3 is 2. The van der Waals surface area contributed by atoms with Crippen LogP contribution in [0, 0.1) is 0 Å². The SMILES string of the molecule is C.C.CCN1C(=O)c2ccccc2N(C)c2nc(Nc3ccc(C(=O)N4CCC(N5CCN(C)CC5)CC4)cc3OC)ncc21.COc1cc(C(=O)N2CCC(N3CCN(C)CC3)CC2)ccc1N(C)c1ncc2c(n1)N(C)c1ccccc1C(=O)N2C. The molecule has 6 aliphatic rings. The molecule has 468 valence electrons. The Bertz CT molecular complexity index is 3460. The van der Waals surface area contributed by atoms with Crippen LogP contribution in [0.4, 0.5) is 57.7 Å². The molecule has 4 amide bonds. The number of carbonyl (C=O) groups excluding carboxylic acids is 4. The Balaban J connectivity index is 0.000000205. The third kappa shape index (κ3) is 12.9. The molecule has 4 aromatic carbocycles. The summed E-state index contributed by atoms with van der Waals surface area (Å²) in [6.45, 7) is 14.3. The minimum atomic E-state index is -0.114. The summed E-state index contributed by atoms with van der Waals surface area (Å²) in [5.41, 5.74) is 6.60. The topological polar surface area (TPSA) is 186 Å². The number of amides is 4. The fraction of sp³-hybridized carbons (Fsp3) is 0.455. The maximum Gasteiger partial charge on any atom is 0.260 e. The number of piperazine rings is 2. The molecule has 22 heteroatoms. The van der Waals surface area contributed by atoms with Gasteiger partial charge in [-0.2, -0.15) is 9.97 Å². The van der Waals surface area contributed by atoms with Gasteiger partial charge in [0, 0.05) is 136 Å². The fourth-order valence-electron chi connectivity index (χ4n) is 12.7. The van der Waals surface area contributed by atoms with Gasteiger partial charge in [-0.05, 0) is 107 Å². The third-order valence-electron chi connectivity index (χ3n) is 18.0. The molecule has 2 aromatic heterocycles. The van der Waals surface area contributed by atoms with Crippen LogP contribution in [-0.2, 0) is 0 Å². The molecular formula is C66H88N16O6. The molecule has 4 fully saturated rings. The molecular weight excluding hydrogens is 1110 g/mol. The van der Waals surface area contributed by atoms with Crippen LogP contribution in [0.1, 0.15) is 88.9 Å². The standard InChI is InChI=1S/2C32H40N8O3.2CH4/c1-35-16-18-39(19-17-35)23-12-14-40(15-13-23)30(41)22-10-11-26(28(20-22)43-5)38(4)32-33-21-27-29(34-32)36(2)25-9-7-6-8-24(25)31(42)37(27)3;1-5-40-27-21-33-32(35-29(27)37(3)26-9-7-6-8-24(26)31(40)42)34-25-11-10-22(20-28(25)43-4)30(41)39-14-12-23(13-15-39)38-18-16-36(2)17-19-38;;/h6-11,20-21,23H,12-19H2,1-5H3;6-11,20-21,23H,5,12-19H2,1-4H3,(H,33,34,35);2*1H4. The first-order valence-corrected chi connectivity index (χ1v) is 29.9. The zero-order chi connectivity index (χ0) is 60.3. The predicted molar refractivity (Wildman–Crippen MR) is 350 cm³/mol. The van der Waals surface area contributed by atoms with Crippen molar-refractivity contribution < 1.29 is 28.7 Å². The Hall–Kier alpha value is -8.44. The van der Waals surface area contributed by atoms with Crippen molar-refractivity contribution >= 4 is 81.3 Å².